The quantitative estimate of drug-likeness (QED) is 0.186. The van der Waals surface area contributed by atoms with Crippen molar-refractivity contribution in [2.75, 3.05) is 0 Å². The third kappa shape index (κ3) is 4.98. The zero-order valence-corrected chi connectivity index (χ0v) is 27.7. The maximum Gasteiger partial charge on any atom is 0.160 e. The molecule has 238 valence electrons. The highest BCUT2D eigenvalue weighted by Crippen LogP contribution is 2.42. The van der Waals surface area contributed by atoms with E-state index in [-0.39, 0.29) is 0 Å². The Kier molecular flexibility index (Phi) is 6.81. The largest absolute Gasteiger partial charge is 0.308 e. The van der Waals surface area contributed by atoms with Crippen molar-refractivity contribution in [1.82, 2.24) is 14.5 Å². The molecular weight excluding hydrogens is 619 g/mol. The molecule has 0 amide bonds. The summed E-state index contributed by atoms with van der Waals surface area (Å²) in [6.45, 7) is 0. The second kappa shape index (κ2) is 11.9. The second-order valence-corrected chi connectivity index (χ2v) is 13.0. The molecular formula is C48H31N3. The summed E-state index contributed by atoms with van der Waals surface area (Å²) in [5, 5.41) is 7.38. The van der Waals surface area contributed by atoms with Crippen molar-refractivity contribution < 1.29 is 0 Å². The molecule has 0 fully saturated rings. The van der Waals surface area contributed by atoms with Gasteiger partial charge >= 0.3 is 0 Å². The molecule has 0 radical (unpaired) electrons. The average molecular weight is 650 g/mol. The van der Waals surface area contributed by atoms with Crippen LogP contribution in [0.1, 0.15) is 0 Å². The van der Waals surface area contributed by atoms with Crippen LogP contribution in [0.2, 0.25) is 0 Å². The topological polar surface area (TPSA) is 30.7 Å². The second-order valence-electron chi connectivity index (χ2n) is 13.0. The van der Waals surface area contributed by atoms with Crippen molar-refractivity contribution in [3.05, 3.63) is 188 Å². The maximum absolute atomic E-state index is 5.18. The zero-order valence-electron chi connectivity index (χ0n) is 27.7. The standard InChI is InChI=1S/C48H31N3/c1-4-14-32(15-5-1)41-29-38(48-49-43(34-17-6-2-7-18-34)31-44(50-48)35-19-8-3-9-20-35)25-27-45(41)51-46-30-37-22-11-10-21-36(37)28-42(46)40-26-24-33-16-12-13-23-39(33)47(40)51/h1-31H. The van der Waals surface area contributed by atoms with Gasteiger partial charge in [-0.3, -0.25) is 0 Å². The molecule has 0 N–H and O–H groups in total. The number of benzene rings is 8. The summed E-state index contributed by atoms with van der Waals surface area (Å²) < 4.78 is 2.47. The number of hydrogen-bond acceptors (Lipinski definition) is 2. The van der Waals surface area contributed by atoms with Crippen LogP contribution in [0, 0.1) is 0 Å². The normalized spacial score (nSPS) is 11.5. The Morgan fingerprint density at radius 2 is 0.922 bits per heavy atom. The number of aromatic nitrogens is 3. The summed E-state index contributed by atoms with van der Waals surface area (Å²) >= 11 is 0. The van der Waals surface area contributed by atoms with Crippen LogP contribution in [0.25, 0.3) is 94.1 Å². The molecule has 3 heteroatoms. The summed E-state index contributed by atoms with van der Waals surface area (Å²) in [5.74, 6) is 0.692. The summed E-state index contributed by atoms with van der Waals surface area (Å²) in [5.41, 5.74) is 10.6. The van der Waals surface area contributed by atoms with Gasteiger partial charge < -0.3 is 4.57 Å². The van der Waals surface area contributed by atoms with Crippen LogP contribution >= 0.6 is 0 Å². The minimum atomic E-state index is 0.692. The third-order valence-electron chi connectivity index (χ3n) is 9.96. The fourth-order valence-electron chi connectivity index (χ4n) is 7.52. The van der Waals surface area contributed by atoms with Crippen LogP contribution in [0.4, 0.5) is 0 Å². The van der Waals surface area contributed by atoms with E-state index in [9.17, 15) is 0 Å². The van der Waals surface area contributed by atoms with Crippen molar-refractivity contribution >= 4 is 43.4 Å². The van der Waals surface area contributed by atoms with Gasteiger partial charge in [-0.2, -0.15) is 0 Å². The van der Waals surface area contributed by atoms with Crippen LogP contribution in [-0.4, -0.2) is 14.5 Å². The molecule has 0 aliphatic heterocycles. The van der Waals surface area contributed by atoms with Gasteiger partial charge in [-0.15, -0.1) is 0 Å². The number of rotatable bonds is 5. The van der Waals surface area contributed by atoms with Crippen molar-refractivity contribution in [3.8, 4) is 50.7 Å². The SMILES string of the molecule is c1ccc(-c2cc(-c3ccccc3)nc(-c3ccc(-n4c5cc6ccccc6cc5c5ccc6ccccc6c54)c(-c4ccccc4)c3)n2)cc1. The van der Waals surface area contributed by atoms with Crippen LogP contribution in [0.5, 0.6) is 0 Å². The monoisotopic (exact) mass is 649 g/mol. The molecule has 3 nitrogen and oxygen atoms in total. The minimum Gasteiger partial charge on any atom is -0.308 e. The van der Waals surface area contributed by atoms with Gasteiger partial charge in [0.1, 0.15) is 0 Å². The first-order chi connectivity index (χ1) is 25.3. The molecule has 0 unspecified atom stereocenters. The highest BCUT2D eigenvalue weighted by Gasteiger charge is 2.20. The van der Waals surface area contributed by atoms with Crippen molar-refractivity contribution in [2.45, 2.75) is 0 Å². The lowest BCUT2D eigenvalue weighted by molar-refractivity contribution is 1.17. The minimum absolute atomic E-state index is 0.692. The van der Waals surface area contributed by atoms with E-state index in [0.717, 1.165) is 44.9 Å². The van der Waals surface area contributed by atoms with E-state index in [1.807, 2.05) is 12.1 Å². The lowest BCUT2D eigenvalue weighted by atomic mass is 9.99. The van der Waals surface area contributed by atoms with E-state index in [0.29, 0.717) is 5.82 Å². The van der Waals surface area contributed by atoms with Crippen molar-refractivity contribution in [2.24, 2.45) is 0 Å². The van der Waals surface area contributed by atoms with Crippen molar-refractivity contribution in [1.29, 1.82) is 0 Å². The highest BCUT2D eigenvalue weighted by molar-refractivity contribution is 6.21. The third-order valence-corrected chi connectivity index (χ3v) is 9.96. The lowest BCUT2D eigenvalue weighted by Gasteiger charge is -2.17. The predicted octanol–water partition coefficient (Wildman–Crippen LogP) is 12.5. The molecule has 2 aromatic heterocycles. The van der Waals surface area contributed by atoms with Gasteiger partial charge in [0.25, 0.3) is 0 Å². The number of nitrogens with zero attached hydrogens (tertiary/aromatic N) is 3. The first-order valence-corrected chi connectivity index (χ1v) is 17.3. The maximum atomic E-state index is 5.18. The molecule has 10 rings (SSSR count). The van der Waals surface area contributed by atoms with Crippen LogP contribution in [0.3, 0.4) is 0 Å². The highest BCUT2D eigenvalue weighted by atomic mass is 15.0. The number of hydrogen-bond donors (Lipinski definition) is 0. The molecule has 51 heavy (non-hydrogen) atoms. The molecule has 8 aromatic carbocycles. The Morgan fingerprint density at radius 1 is 0.353 bits per heavy atom. The van der Waals surface area contributed by atoms with Gasteiger partial charge in [0, 0.05) is 38.4 Å². The fourth-order valence-corrected chi connectivity index (χ4v) is 7.52. The van der Waals surface area contributed by atoms with Gasteiger partial charge in [-0.25, -0.2) is 9.97 Å². The van der Waals surface area contributed by atoms with Gasteiger partial charge in [0.05, 0.1) is 28.1 Å². The summed E-state index contributed by atoms with van der Waals surface area (Å²) in [4.78, 5) is 10.4. The van der Waals surface area contributed by atoms with Gasteiger partial charge in [0.15, 0.2) is 5.82 Å². The van der Waals surface area contributed by atoms with E-state index in [1.165, 1.54) is 43.4 Å². The fraction of sp³-hybridized carbons (Fsp3) is 0. The Balaban J connectivity index is 1.28. The van der Waals surface area contributed by atoms with E-state index in [4.69, 9.17) is 9.97 Å². The van der Waals surface area contributed by atoms with Crippen LogP contribution < -0.4 is 0 Å². The van der Waals surface area contributed by atoms with Crippen molar-refractivity contribution in [3.63, 3.8) is 0 Å². The molecule has 2 heterocycles. The molecule has 0 aliphatic rings. The first-order valence-electron chi connectivity index (χ1n) is 17.3. The zero-order chi connectivity index (χ0) is 33.7. The molecule has 0 aliphatic carbocycles. The lowest BCUT2D eigenvalue weighted by Crippen LogP contribution is -2.00. The van der Waals surface area contributed by atoms with Gasteiger partial charge in [0.2, 0.25) is 0 Å². The average Bonchev–Trinajstić information content (AvgIpc) is 3.54. The van der Waals surface area contributed by atoms with E-state index in [1.54, 1.807) is 0 Å². The van der Waals surface area contributed by atoms with E-state index in [2.05, 4.69) is 180 Å². The molecule has 0 spiro atoms. The smallest absolute Gasteiger partial charge is 0.160 e. The molecule has 0 atom stereocenters. The summed E-state index contributed by atoms with van der Waals surface area (Å²) in [6, 6.07) is 66.8. The van der Waals surface area contributed by atoms with E-state index >= 15 is 0 Å². The molecule has 0 bridgehead atoms. The Bertz CT molecular complexity index is 2830. The summed E-state index contributed by atoms with van der Waals surface area (Å²) in [7, 11) is 0. The Morgan fingerprint density at radius 3 is 1.59 bits per heavy atom. The Hall–Kier alpha value is -6.84. The van der Waals surface area contributed by atoms with Crippen LogP contribution in [0.15, 0.2) is 188 Å². The first kappa shape index (κ1) is 29.1. The van der Waals surface area contributed by atoms with Gasteiger partial charge in [-0.1, -0.05) is 152 Å². The Labute approximate surface area is 295 Å². The molecule has 0 saturated carbocycles. The molecule has 0 saturated heterocycles. The number of fused-ring (bicyclic) bond motifs is 6. The summed E-state index contributed by atoms with van der Waals surface area (Å²) in [6.07, 6.45) is 0. The van der Waals surface area contributed by atoms with E-state index < -0.39 is 0 Å². The van der Waals surface area contributed by atoms with Crippen LogP contribution in [-0.2, 0) is 0 Å². The van der Waals surface area contributed by atoms with Gasteiger partial charge in [-0.05, 0) is 58.1 Å². The molecule has 10 aromatic rings. The predicted molar refractivity (Wildman–Crippen MR) is 213 cm³/mol.